The summed E-state index contributed by atoms with van der Waals surface area (Å²) in [6.45, 7) is 3.42. The predicted molar refractivity (Wildman–Crippen MR) is 134 cm³/mol. The van der Waals surface area contributed by atoms with Crippen molar-refractivity contribution in [2.45, 2.75) is 51.9 Å². The van der Waals surface area contributed by atoms with E-state index in [1.54, 1.807) is 0 Å². The van der Waals surface area contributed by atoms with Crippen molar-refractivity contribution in [3.8, 4) is 11.3 Å². The minimum Gasteiger partial charge on any atom is -0.478 e. The molecule has 0 fully saturated rings. The first-order valence-electron chi connectivity index (χ1n) is 11.6. The summed E-state index contributed by atoms with van der Waals surface area (Å²) in [4.78, 5) is 29.5. The van der Waals surface area contributed by atoms with E-state index >= 15 is 0 Å². The number of aliphatic carboxylic acids is 1. The maximum atomic E-state index is 14.5. The van der Waals surface area contributed by atoms with Crippen molar-refractivity contribution in [3.63, 3.8) is 0 Å². The highest BCUT2D eigenvalue weighted by Gasteiger charge is 2.28. The molecule has 4 rings (SSSR count). The van der Waals surface area contributed by atoms with E-state index in [1.807, 2.05) is 18.2 Å². The zero-order chi connectivity index (χ0) is 25.1. The topological polar surface area (TPSA) is 79.3 Å². The number of benzene rings is 2. The van der Waals surface area contributed by atoms with Gasteiger partial charge in [0.25, 0.3) is 5.91 Å². The number of hydrogen-bond donors (Lipinski definition) is 2. The number of hydrogen-bond acceptors (Lipinski definition) is 4. The second-order valence-corrected chi connectivity index (χ2v) is 9.80. The van der Waals surface area contributed by atoms with Gasteiger partial charge in [0.05, 0.1) is 5.69 Å². The van der Waals surface area contributed by atoms with Crippen LogP contribution in [0.4, 0.5) is 13.9 Å². The Morgan fingerprint density at radius 1 is 1.20 bits per heavy atom. The van der Waals surface area contributed by atoms with Crippen LogP contribution in [0.5, 0.6) is 0 Å². The van der Waals surface area contributed by atoms with Gasteiger partial charge in [-0.15, -0.1) is 11.3 Å². The quantitative estimate of drug-likeness (QED) is 0.259. The lowest BCUT2D eigenvalue weighted by molar-refractivity contribution is -0.132. The van der Waals surface area contributed by atoms with Crippen molar-refractivity contribution in [2.75, 3.05) is 5.32 Å². The molecular formula is C27H26F2N2O3S. The van der Waals surface area contributed by atoms with Gasteiger partial charge >= 0.3 is 5.97 Å². The van der Waals surface area contributed by atoms with Crippen LogP contribution in [0.15, 0.2) is 42.0 Å². The van der Waals surface area contributed by atoms with Crippen molar-refractivity contribution in [1.82, 2.24) is 4.98 Å². The molecule has 0 bridgehead atoms. The van der Waals surface area contributed by atoms with Crippen LogP contribution < -0.4 is 5.32 Å². The molecule has 35 heavy (non-hydrogen) atoms. The lowest BCUT2D eigenvalue weighted by atomic mass is 9.81. The van der Waals surface area contributed by atoms with Gasteiger partial charge in [0, 0.05) is 27.1 Å². The summed E-state index contributed by atoms with van der Waals surface area (Å²) in [5, 5.41) is 12.0. The van der Waals surface area contributed by atoms with Crippen molar-refractivity contribution < 1.29 is 23.5 Å². The average Bonchev–Trinajstić information content (AvgIpc) is 3.23. The third-order valence-corrected chi connectivity index (χ3v) is 7.19. The Kier molecular flexibility index (Phi) is 7.40. The number of aromatic nitrogens is 1. The zero-order valence-corrected chi connectivity index (χ0v) is 20.3. The van der Waals surface area contributed by atoms with E-state index in [0.717, 1.165) is 60.0 Å². The molecule has 1 aromatic heterocycles. The summed E-state index contributed by atoms with van der Waals surface area (Å²) in [5.41, 5.74) is 2.24. The van der Waals surface area contributed by atoms with Crippen molar-refractivity contribution >= 4 is 34.4 Å². The summed E-state index contributed by atoms with van der Waals surface area (Å²) in [5.74, 6) is -3.61. The van der Waals surface area contributed by atoms with Gasteiger partial charge in [-0.2, -0.15) is 0 Å². The van der Waals surface area contributed by atoms with Crippen LogP contribution in [0.3, 0.4) is 0 Å². The molecule has 5 nitrogen and oxygen atoms in total. The maximum Gasteiger partial charge on any atom is 0.331 e. The van der Waals surface area contributed by atoms with Crippen LogP contribution in [0, 0.1) is 11.6 Å². The number of amides is 1. The number of carboxylic acids is 1. The number of nitrogens with zero attached hydrogens (tertiary/aromatic N) is 1. The number of anilines is 1. The van der Waals surface area contributed by atoms with E-state index in [0.29, 0.717) is 11.0 Å². The predicted octanol–water partition coefficient (Wildman–Crippen LogP) is 7.05. The van der Waals surface area contributed by atoms with E-state index in [9.17, 15) is 18.4 Å². The fourth-order valence-electron chi connectivity index (χ4n) is 4.36. The van der Waals surface area contributed by atoms with Gasteiger partial charge < -0.3 is 5.11 Å². The highest BCUT2D eigenvalue weighted by atomic mass is 32.1. The number of unbranched alkanes of at least 4 members (excludes halogenated alkanes) is 2. The number of halogens is 2. The molecule has 0 spiro atoms. The molecule has 1 amide bonds. The van der Waals surface area contributed by atoms with E-state index in [2.05, 4.69) is 23.3 Å². The second-order valence-electron chi connectivity index (χ2n) is 8.72. The van der Waals surface area contributed by atoms with Gasteiger partial charge in [-0.1, -0.05) is 50.5 Å². The van der Waals surface area contributed by atoms with E-state index in [1.165, 1.54) is 30.2 Å². The molecule has 0 saturated carbocycles. The first kappa shape index (κ1) is 24.7. The minimum absolute atomic E-state index is 0.212. The largest absolute Gasteiger partial charge is 0.478 e. The Balaban J connectivity index is 1.57. The molecule has 3 aromatic rings. The number of carbonyl (C=O) groups excluding carboxylic acids is 1. The van der Waals surface area contributed by atoms with Crippen LogP contribution in [0.25, 0.3) is 17.3 Å². The summed E-state index contributed by atoms with van der Waals surface area (Å²) in [6, 6.07) is 9.98. The molecule has 8 heteroatoms. The number of carboxylic acid groups (broad SMARTS) is 1. The molecular weight excluding hydrogens is 470 g/mol. The number of carbonyl (C=O) groups is 2. The van der Waals surface area contributed by atoms with E-state index < -0.39 is 29.1 Å². The van der Waals surface area contributed by atoms with Crippen molar-refractivity contribution in [1.29, 1.82) is 0 Å². The summed E-state index contributed by atoms with van der Waals surface area (Å²) in [6.07, 6.45) is 6.34. The SMILES string of the molecule is CCCCCC1Cc2sc(NC(=O)c3cc(F)c(C=C(C)C(=O)O)c(F)c3)nc2-c2ccccc21. The van der Waals surface area contributed by atoms with Gasteiger partial charge in [0.1, 0.15) is 11.6 Å². The van der Waals surface area contributed by atoms with Crippen LogP contribution >= 0.6 is 11.3 Å². The number of fused-ring (bicyclic) bond motifs is 3. The van der Waals surface area contributed by atoms with Gasteiger partial charge in [-0.3, -0.25) is 10.1 Å². The molecule has 0 saturated heterocycles. The van der Waals surface area contributed by atoms with Gasteiger partial charge in [-0.25, -0.2) is 18.6 Å². The third kappa shape index (κ3) is 5.32. The maximum absolute atomic E-state index is 14.5. The lowest BCUT2D eigenvalue weighted by Crippen LogP contribution is -2.13. The number of thiazole rings is 1. The molecule has 1 aliphatic carbocycles. The first-order chi connectivity index (χ1) is 16.8. The van der Waals surface area contributed by atoms with Crippen molar-refractivity contribution in [2.24, 2.45) is 0 Å². The second kappa shape index (κ2) is 10.5. The third-order valence-electron chi connectivity index (χ3n) is 6.20. The van der Waals surface area contributed by atoms with E-state index in [-0.39, 0.29) is 11.1 Å². The number of rotatable bonds is 8. The highest BCUT2D eigenvalue weighted by molar-refractivity contribution is 7.16. The van der Waals surface area contributed by atoms with Gasteiger partial charge in [0.15, 0.2) is 5.13 Å². The number of nitrogens with one attached hydrogen (secondary N) is 1. The summed E-state index contributed by atoms with van der Waals surface area (Å²) < 4.78 is 29.0. The molecule has 2 N–H and O–H groups in total. The lowest BCUT2D eigenvalue weighted by Gasteiger charge is -2.24. The summed E-state index contributed by atoms with van der Waals surface area (Å²) in [7, 11) is 0. The van der Waals surface area contributed by atoms with Crippen LogP contribution in [-0.4, -0.2) is 22.0 Å². The fraction of sp³-hybridized carbons (Fsp3) is 0.296. The first-order valence-corrected chi connectivity index (χ1v) is 12.4. The highest BCUT2D eigenvalue weighted by Crippen LogP contribution is 2.44. The molecule has 1 heterocycles. The van der Waals surface area contributed by atoms with Gasteiger partial charge in [0.2, 0.25) is 0 Å². The molecule has 2 aromatic carbocycles. The van der Waals surface area contributed by atoms with Crippen LogP contribution in [0.1, 0.15) is 71.8 Å². The standard InChI is InChI=1S/C27H26F2N2O3S/c1-3-4-5-8-16-14-23-24(19-10-7-6-9-18(16)19)30-27(35-23)31-25(32)17-12-21(28)20(22(29)13-17)11-15(2)26(33)34/h6-7,9-13,16H,3-5,8,14H2,1-2H3,(H,33,34)(H,30,31,32). The Bertz CT molecular complexity index is 1290. The normalized spacial score (nSPS) is 14.9. The van der Waals surface area contributed by atoms with Crippen LogP contribution in [-0.2, 0) is 11.2 Å². The van der Waals surface area contributed by atoms with Crippen molar-refractivity contribution in [3.05, 3.63) is 75.2 Å². The monoisotopic (exact) mass is 496 g/mol. The summed E-state index contributed by atoms with van der Waals surface area (Å²) >= 11 is 1.38. The Morgan fingerprint density at radius 3 is 2.60 bits per heavy atom. The molecule has 1 aliphatic rings. The smallest absolute Gasteiger partial charge is 0.331 e. The molecule has 182 valence electrons. The molecule has 1 atom stereocenters. The Hall–Kier alpha value is -3.39. The molecule has 0 aliphatic heterocycles. The Morgan fingerprint density at radius 2 is 1.91 bits per heavy atom. The van der Waals surface area contributed by atoms with E-state index in [4.69, 9.17) is 5.11 Å². The molecule has 1 unspecified atom stereocenters. The average molecular weight is 497 g/mol. The fourth-order valence-corrected chi connectivity index (χ4v) is 5.41. The zero-order valence-electron chi connectivity index (χ0n) is 19.5. The van der Waals surface area contributed by atoms with Gasteiger partial charge in [-0.05, 0) is 49.5 Å². The van der Waals surface area contributed by atoms with Crippen LogP contribution in [0.2, 0.25) is 0 Å². The molecule has 0 radical (unpaired) electrons. The minimum atomic E-state index is -1.28. The Labute approximate surface area is 206 Å².